The Labute approximate surface area is 106 Å². The summed E-state index contributed by atoms with van der Waals surface area (Å²) < 4.78 is 38.0. The Bertz CT molecular complexity index is 610. The average molecular weight is 269 g/mol. The van der Waals surface area contributed by atoms with E-state index >= 15 is 0 Å². The molecule has 0 radical (unpaired) electrons. The van der Waals surface area contributed by atoms with Gasteiger partial charge in [0.2, 0.25) is 0 Å². The highest BCUT2D eigenvalue weighted by molar-refractivity contribution is 6.02. The van der Waals surface area contributed by atoms with Crippen LogP contribution in [0.4, 0.5) is 18.9 Å². The fourth-order valence-electron chi connectivity index (χ4n) is 1.49. The average Bonchev–Trinajstić information content (AvgIpc) is 2.83. The van der Waals surface area contributed by atoms with Gasteiger partial charge in [0.15, 0.2) is 5.69 Å². The molecule has 0 atom stereocenters. The molecule has 0 spiro atoms. The van der Waals surface area contributed by atoms with Crippen LogP contribution in [-0.2, 0) is 0 Å². The van der Waals surface area contributed by atoms with Crippen molar-refractivity contribution in [2.75, 3.05) is 5.32 Å². The zero-order valence-corrected chi connectivity index (χ0v) is 9.90. The molecule has 1 heterocycles. The number of anilines is 1. The summed E-state index contributed by atoms with van der Waals surface area (Å²) in [5, 5.41) is 5.88. The van der Waals surface area contributed by atoms with Crippen LogP contribution in [0, 0.1) is 12.7 Å². The van der Waals surface area contributed by atoms with E-state index in [4.69, 9.17) is 0 Å². The second-order valence-electron chi connectivity index (χ2n) is 3.88. The fourth-order valence-corrected chi connectivity index (χ4v) is 1.49. The number of alkyl halides is 2. The quantitative estimate of drug-likeness (QED) is 0.931. The number of benzene rings is 1. The van der Waals surface area contributed by atoms with Crippen LogP contribution in [0.5, 0.6) is 0 Å². The number of carbonyl (C=O) groups excluding carboxylic acids is 1. The number of amides is 1. The third-order valence-electron chi connectivity index (χ3n) is 2.46. The van der Waals surface area contributed by atoms with E-state index in [0.717, 1.165) is 6.20 Å². The first-order valence-corrected chi connectivity index (χ1v) is 5.38. The molecule has 19 heavy (non-hydrogen) atoms. The van der Waals surface area contributed by atoms with E-state index in [-0.39, 0.29) is 11.5 Å². The van der Waals surface area contributed by atoms with Gasteiger partial charge in [-0.1, -0.05) is 0 Å². The predicted octanol–water partition coefficient (Wildman–Crippen LogP) is 2.98. The summed E-state index contributed by atoms with van der Waals surface area (Å²) in [5.74, 6) is -1.02. The summed E-state index contributed by atoms with van der Waals surface area (Å²) in [5.41, 5.74) is 0.605. The predicted molar refractivity (Wildman–Crippen MR) is 62.6 cm³/mol. The number of halogens is 3. The van der Waals surface area contributed by atoms with Crippen LogP contribution in [-0.4, -0.2) is 15.7 Å². The molecule has 1 N–H and O–H groups in total. The molecule has 0 saturated carbocycles. The third kappa shape index (κ3) is 2.93. The smallest absolute Gasteiger partial charge is 0.321 e. The summed E-state index contributed by atoms with van der Waals surface area (Å²) in [4.78, 5) is 11.7. The van der Waals surface area contributed by atoms with Crippen molar-refractivity contribution in [3.05, 3.63) is 47.5 Å². The minimum Gasteiger partial charge on any atom is -0.321 e. The summed E-state index contributed by atoms with van der Waals surface area (Å²) in [6, 6.07) is 5.21. The number of nitrogens with zero attached hydrogens (tertiary/aromatic N) is 2. The number of hydrogen-bond donors (Lipinski definition) is 1. The van der Waals surface area contributed by atoms with Gasteiger partial charge < -0.3 is 5.32 Å². The van der Waals surface area contributed by atoms with Gasteiger partial charge in [0, 0.05) is 11.9 Å². The zero-order valence-electron chi connectivity index (χ0n) is 9.90. The van der Waals surface area contributed by atoms with E-state index in [1.54, 1.807) is 6.92 Å². The maximum atomic E-state index is 13.0. The SMILES string of the molecule is Cc1cc(NC(=O)c2ccn(C(F)F)n2)ccc1F. The molecule has 0 aliphatic carbocycles. The number of carbonyl (C=O) groups is 1. The zero-order chi connectivity index (χ0) is 14.0. The lowest BCUT2D eigenvalue weighted by Crippen LogP contribution is -2.13. The number of hydrogen-bond acceptors (Lipinski definition) is 2. The Morgan fingerprint density at radius 1 is 1.37 bits per heavy atom. The van der Waals surface area contributed by atoms with Gasteiger partial charge in [0.25, 0.3) is 5.91 Å². The Balaban J connectivity index is 2.13. The van der Waals surface area contributed by atoms with Crippen LogP contribution in [0.1, 0.15) is 22.6 Å². The molecule has 0 fully saturated rings. The lowest BCUT2D eigenvalue weighted by Gasteiger charge is -2.04. The van der Waals surface area contributed by atoms with Crippen LogP contribution < -0.4 is 5.32 Å². The van der Waals surface area contributed by atoms with Crippen molar-refractivity contribution in [3.8, 4) is 0 Å². The molecule has 100 valence electrons. The first kappa shape index (κ1) is 13.1. The van der Waals surface area contributed by atoms with Gasteiger partial charge in [-0.3, -0.25) is 4.79 Å². The minimum atomic E-state index is -2.80. The topological polar surface area (TPSA) is 46.9 Å². The monoisotopic (exact) mass is 269 g/mol. The molecule has 2 rings (SSSR count). The van der Waals surface area contributed by atoms with Crippen molar-refractivity contribution < 1.29 is 18.0 Å². The summed E-state index contributed by atoms with van der Waals surface area (Å²) in [6.45, 7) is -1.24. The maximum Gasteiger partial charge on any atom is 0.333 e. The molecule has 0 aliphatic rings. The van der Waals surface area contributed by atoms with Crippen molar-refractivity contribution in [2.45, 2.75) is 13.5 Å². The minimum absolute atomic E-state index is 0.137. The number of aromatic nitrogens is 2. The normalized spacial score (nSPS) is 10.8. The lowest BCUT2D eigenvalue weighted by molar-refractivity contribution is 0.0561. The molecule has 0 saturated heterocycles. The van der Waals surface area contributed by atoms with E-state index in [9.17, 15) is 18.0 Å². The van der Waals surface area contributed by atoms with E-state index in [0.29, 0.717) is 15.9 Å². The van der Waals surface area contributed by atoms with E-state index in [2.05, 4.69) is 10.4 Å². The van der Waals surface area contributed by atoms with Crippen molar-refractivity contribution in [1.82, 2.24) is 9.78 Å². The van der Waals surface area contributed by atoms with Crippen LogP contribution in [0.2, 0.25) is 0 Å². The van der Waals surface area contributed by atoms with Crippen LogP contribution in [0.3, 0.4) is 0 Å². The molecule has 7 heteroatoms. The number of aryl methyl sites for hydroxylation is 1. The van der Waals surface area contributed by atoms with E-state index < -0.39 is 12.5 Å². The fraction of sp³-hybridized carbons (Fsp3) is 0.167. The molecule has 1 amide bonds. The van der Waals surface area contributed by atoms with Gasteiger partial charge in [-0.15, -0.1) is 0 Å². The van der Waals surface area contributed by atoms with Crippen molar-refractivity contribution in [3.63, 3.8) is 0 Å². The standard InChI is InChI=1S/C12H10F3N3O/c1-7-6-8(2-3-9(7)13)16-11(19)10-4-5-18(17-10)12(14)15/h2-6,12H,1H3,(H,16,19). The summed E-state index contributed by atoms with van der Waals surface area (Å²) in [6.07, 6.45) is 1.01. The second-order valence-corrected chi connectivity index (χ2v) is 3.88. The van der Waals surface area contributed by atoms with E-state index in [1.165, 1.54) is 24.3 Å². The van der Waals surface area contributed by atoms with Gasteiger partial charge in [-0.2, -0.15) is 13.9 Å². The van der Waals surface area contributed by atoms with Crippen LogP contribution >= 0.6 is 0 Å². The lowest BCUT2D eigenvalue weighted by atomic mass is 10.2. The molecule has 4 nitrogen and oxygen atoms in total. The molecule has 1 aromatic carbocycles. The molecule has 0 aliphatic heterocycles. The molecule has 2 aromatic rings. The Morgan fingerprint density at radius 2 is 2.11 bits per heavy atom. The summed E-state index contributed by atoms with van der Waals surface area (Å²) in [7, 11) is 0. The van der Waals surface area contributed by atoms with Crippen molar-refractivity contribution in [1.29, 1.82) is 0 Å². The second kappa shape index (κ2) is 5.13. The highest BCUT2D eigenvalue weighted by atomic mass is 19.3. The van der Waals surface area contributed by atoms with Gasteiger partial charge in [0.05, 0.1) is 0 Å². The van der Waals surface area contributed by atoms with Gasteiger partial charge in [-0.25, -0.2) is 9.07 Å². The highest BCUT2D eigenvalue weighted by Crippen LogP contribution is 2.15. The van der Waals surface area contributed by atoms with Gasteiger partial charge in [-0.05, 0) is 36.8 Å². The van der Waals surface area contributed by atoms with Crippen LogP contribution in [0.25, 0.3) is 0 Å². The molecule has 1 aromatic heterocycles. The molecule has 0 unspecified atom stereocenters. The maximum absolute atomic E-state index is 13.0. The molecular formula is C12H10F3N3O. The number of rotatable bonds is 3. The highest BCUT2D eigenvalue weighted by Gasteiger charge is 2.13. The van der Waals surface area contributed by atoms with Crippen molar-refractivity contribution >= 4 is 11.6 Å². The Kier molecular flexibility index (Phi) is 3.55. The Morgan fingerprint density at radius 3 is 2.68 bits per heavy atom. The largest absolute Gasteiger partial charge is 0.333 e. The Hall–Kier alpha value is -2.31. The molecular weight excluding hydrogens is 259 g/mol. The van der Waals surface area contributed by atoms with E-state index in [1.807, 2.05) is 0 Å². The molecule has 0 bridgehead atoms. The first-order valence-electron chi connectivity index (χ1n) is 5.38. The van der Waals surface area contributed by atoms with Crippen molar-refractivity contribution in [2.24, 2.45) is 0 Å². The van der Waals surface area contributed by atoms with Crippen LogP contribution in [0.15, 0.2) is 30.5 Å². The van der Waals surface area contributed by atoms with Gasteiger partial charge in [0.1, 0.15) is 5.82 Å². The number of nitrogens with one attached hydrogen (secondary N) is 1. The third-order valence-corrected chi connectivity index (χ3v) is 2.46. The van der Waals surface area contributed by atoms with Gasteiger partial charge >= 0.3 is 6.55 Å². The summed E-state index contributed by atoms with van der Waals surface area (Å²) >= 11 is 0. The first-order chi connectivity index (χ1) is 8.97.